The molecule has 0 aliphatic carbocycles. The summed E-state index contributed by atoms with van der Waals surface area (Å²) in [4.78, 5) is 14.2. The van der Waals surface area contributed by atoms with Crippen molar-refractivity contribution in [1.82, 2.24) is 20.9 Å². The number of piperidine rings is 1. The van der Waals surface area contributed by atoms with Gasteiger partial charge < -0.3 is 20.9 Å². The van der Waals surface area contributed by atoms with Gasteiger partial charge >= 0.3 is 0 Å². The first-order valence-electron chi connectivity index (χ1n) is 5.93. The Hall–Kier alpha value is -0.650. The molecule has 16 heavy (non-hydrogen) atoms. The highest BCUT2D eigenvalue weighted by Crippen LogP contribution is 2.17. The van der Waals surface area contributed by atoms with Crippen molar-refractivity contribution in [3.63, 3.8) is 0 Å². The third kappa shape index (κ3) is 3.43. The average Bonchev–Trinajstić information content (AvgIpc) is 2.29. The minimum atomic E-state index is -0.364. The highest BCUT2D eigenvalue weighted by molar-refractivity contribution is 5.86. The first-order chi connectivity index (χ1) is 7.60. The average molecular weight is 228 g/mol. The van der Waals surface area contributed by atoms with E-state index in [1.807, 2.05) is 21.1 Å². The maximum atomic E-state index is 12.1. The van der Waals surface area contributed by atoms with Crippen molar-refractivity contribution in [2.45, 2.75) is 18.4 Å². The fraction of sp³-hybridized carbons (Fsp3) is 0.909. The van der Waals surface area contributed by atoms with Gasteiger partial charge in [0.2, 0.25) is 5.91 Å². The van der Waals surface area contributed by atoms with Crippen molar-refractivity contribution in [2.24, 2.45) is 0 Å². The molecule has 0 atom stereocenters. The summed E-state index contributed by atoms with van der Waals surface area (Å²) < 4.78 is 0. The van der Waals surface area contributed by atoms with Gasteiger partial charge in [-0.05, 0) is 47.1 Å². The lowest BCUT2D eigenvalue weighted by Crippen LogP contribution is -2.60. The minimum Gasteiger partial charge on any atom is -0.353 e. The minimum absolute atomic E-state index is 0.137. The number of carbonyl (C=O) groups excluding carboxylic acids is 1. The fourth-order valence-corrected chi connectivity index (χ4v) is 2.01. The molecule has 5 nitrogen and oxygen atoms in total. The number of nitrogens with zero attached hydrogens (tertiary/aromatic N) is 1. The topological polar surface area (TPSA) is 56.4 Å². The number of hydrogen-bond donors (Lipinski definition) is 3. The maximum absolute atomic E-state index is 12.1. The van der Waals surface area contributed by atoms with Crippen LogP contribution in [0.4, 0.5) is 0 Å². The van der Waals surface area contributed by atoms with E-state index in [0.29, 0.717) is 6.54 Å². The molecule has 1 aliphatic heterocycles. The fourth-order valence-electron chi connectivity index (χ4n) is 2.01. The lowest BCUT2D eigenvalue weighted by atomic mass is 9.87. The molecule has 94 valence electrons. The molecule has 3 N–H and O–H groups in total. The van der Waals surface area contributed by atoms with Crippen LogP contribution >= 0.6 is 0 Å². The summed E-state index contributed by atoms with van der Waals surface area (Å²) >= 11 is 0. The van der Waals surface area contributed by atoms with Crippen LogP contribution in [0.25, 0.3) is 0 Å². The SMILES string of the molecule is CNC1(C(=O)NCCN(C)C)CCNCC1. The lowest BCUT2D eigenvalue weighted by molar-refractivity contribution is -0.128. The Labute approximate surface area is 98.0 Å². The maximum Gasteiger partial charge on any atom is 0.240 e. The molecule has 1 rings (SSSR count). The van der Waals surface area contributed by atoms with Gasteiger partial charge in [0.05, 0.1) is 5.54 Å². The van der Waals surface area contributed by atoms with Crippen molar-refractivity contribution < 1.29 is 4.79 Å². The van der Waals surface area contributed by atoms with Crippen LogP contribution in [-0.2, 0) is 4.79 Å². The molecule has 1 fully saturated rings. The molecule has 0 aromatic heterocycles. The van der Waals surface area contributed by atoms with Crippen LogP contribution in [0.1, 0.15) is 12.8 Å². The van der Waals surface area contributed by atoms with Gasteiger partial charge in [0.25, 0.3) is 0 Å². The summed E-state index contributed by atoms with van der Waals surface area (Å²) in [5.74, 6) is 0.137. The molecule has 1 saturated heterocycles. The predicted octanol–water partition coefficient (Wildman–Crippen LogP) is -0.994. The molecule has 0 aromatic carbocycles. The largest absolute Gasteiger partial charge is 0.353 e. The van der Waals surface area contributed by atoms with Crippen molar-refractivity contribution in [2.75, 3.05) is 47.3 Å². The summed E-state index contributed by atoms with van der Waals surface area (Å²) in [6, 6.07) is 0. The number of nitrogens with one attached hydrogen (secondary N) is 3. The van der Waals surface area contributed by atoms with Crippen LogP contribution in [0.5, 0.6) is 0 Å². The van der Waals surface area contributed by atoms with Gasteiger partial charge in [-0.15, -0.1) is 0 Å². The Balaban J connectivity index is 2.42. The van der Waals surface area contributed by atoms with Crippen molar-refractivity contribution in [3.05, 3.63) is 0 Å². The van der Waals surface area contributed by atoms with Gasteiger partial charge in [-0.25, -0.2) is 0 Å². The predicted molar refractivity (Wildman–Crippen MR) is 65.5 cm³/mol. The van der Waals surface area contributed by atoms with Crippen LogP contribution < -0.4 is 16.0 Å². The van der Waals surface area contributed by atoms with Crippen LogP contribution in [-0.4, -0.2) is 63.7 Å². The first-order valence-corrected chi connectivity index (χ1v) is 5.93. The van der Waals surface area contributed by atoms with E-state index in [-0.39, 0.29) is 11.4 Å². The standard InChI is InChI=1S/C11H24N4O/c1-12-11(4-6-13-7-5-11)10(16)14-8-9-15(2)3/h12-13H,4-9H2,1-3H3,(H,14,16). The van der Waals surface area contributed by atoms with Crippen LogP contribution in [0, 0.1) is 0 Å². The highest BCUT2D eigenvalue weighted by atomic mass is 16.2. The molecule has 0 unspecified atom stereocenters. The quantitative estimate of drug-likeness (QED) is 0.565. The van der Waals surface area contributed by atoms with Crippen LogP contribution in [0.15, 0.2) is 0 Å². The molecule has 0 bridgehead atoms. The smallest absolute Gasteiger partial charge is 0.240 e. The van der Waals surface area contributed by atoms with E-state index in [2.05, 4.69) is 20.9 Å². The second kappa shape index (κ2) is 6.18. The first kappa shape index (κ1) is 13.4. The second-order valence-corrected chi connectivity index (χ2v) is 4.64. The highest BCUT2D eigenvalue weighted by Gasteiger charge is 2.37. The van der Waals surface area contributed by atoms with E-state index >= 15 is 0 Å². The molecule has 5 heteroatoms. The van der Waals surface area contributed by atoms with Crippen molar-refractivity contribution >= 4 is 5.91 Å². The van der Waals surface area contributed by atoms with E-state index < -0.39 is 0 Å². The normalized spacial score (nSPS) is 19.8. The van der Waals surface area contributed by atoms with Gasteiger partial charge in [-0.1, -0.05) is 0 Å². The zero-order valence-electron chi connectivity index (χ0n) is 10.6. The third-order valence-electron chi connectivity index (χ3n) is 3.21. The van der Waals surface area contributed by atoms with E-state index in [0.717, 1.165) is 32.5 Å². The number of carbonyl (C=O) groups is 1. The molecular formula is C11H24N4O. The summed E-state index contributed by atoms with van der Waals surface area (Å²) in [6.07, 6.45) is 1.72. The Morgan fingerprint density at radius 3 is 2.50 bits per heavy atom. The van der Waals surface area contributed by atoms with E-state index in [9.17, 15) is 4.79 Å². The molecule has 1 amide bonds. The summed E-state index contributed by atoms with van der Waals surface area (Å²) in [7, 11) is 5.88. The molecule has 1 heterocycles. The van der Waals surface area contributed by atoms with Gasteiger partial charge in [-0.3, -0.25) is 4.79 Å². The van der Waals surface area contributed by atoms with Crippen LogP contribution in [0.2, 0.25) is 0 Å². The molecule has 0 aromatic rings. The summed E-state index contributed by atoms with van der Waals surface area (Å²) in [6.45, 7) is 3.40. The van der Waals surface area contributed by atoms with E-state index in [1.54, 1.807) is 0 Å². The number of hydrogen-bond acceptors (Lipinski definition) is 4. The Morgan fingerprint density at radius 1 is 1.38 bits per heavy atom. The van der Waals surface area contributed by atoms with Gasteiger partial charge in [0, 0.05) is 13.1 Å². The Kier molecular flexibility index (Phi) is 5.18. The van der Waals surface area contributed by atoms with E-state index in [1.165, 1.54) is 0 Å². The monoisotopic (exact) mass is 228 g/mol. The molecular weight excluding hydrogens is 204 g/mol. The number of amides is 1. The van der Waals surface area contributed by atoms with Crippen molar-refractivity contribution in [1.29, 1.82) is 0 Å². The Bertz CT molecular complexity index is 224. The van der Waals surface area contributed by atoms with Gasteiger partial charge in [0.15, 0.2) is 0 Å². The molecule has 0 saturated carbocycles. The van der Waals surface area contributed by atoms with Gasteiger partial charge in [-0.2, -0.15) is 0 Å². The number of likely N-dealkylation sites (N-methyl/N-ethyl adjacent to an activating group) is 2. The number of rotatable bonds is 5. The summed E-state index contributed by atoms with van der Waals surface area (Å²) in [5.41, 5.74) is -0.364. The zero-order valence-corrected chi connectivity index (χ0v) is 10.6. The third-order valence-corrected chi connectivity index (χ3v) is 3.21. The second-order valence-electron chi connectivity index (χ2n) is 4.64. The molecule has 0 spiro atoms. The molecule has 0 radical (unpaired) electrons. The van der Waals surface area contributed by atoms with E-state index in [4.69, 9.17) is 0 Å². The zero-order chi connectivity index (χ0) is 12.0. The van der Waals surface area contributed by atoms with Crippen LogP contribution in [0.3, 0.4) is 0 Å². The van der Waals surface area contributed by atoms with Crippen molar-refractivity contribution in [3.8, 4) is 0 Å². The molecule has 1 aliphatic rings. The van der Waals surface area contributed by atoms with Gasteiger partial charge in [0.1, 0.15) is 0 Å². The lowest BCUT2D eigenvalue weighted by Gasteiger charge is -2.36. The Morgan fingerprint density at radius 2 is 2.00 bits per heavy atom. The summed E-state index contributed by atoms with van der Waals surface area (Å²) in [5, 5.41) is 9.47.